The van der Waals surface area contributed by atoms with Crippen LogP contribution < -0.4 is 10.2 Å². The summed E-state index contributed by atoms with van der Waals surface area (Å²) in [6.07, 6.45) is 9.97. The van der Waals surface area contributed by atoms with E-state index < -0.39 is 0 Å². The van der Waals surface area contributed by atoms with Crippen LogP contribution in [0.5, 0.6) is 0 Å². The Morgan fingerprint density at radius 1 is 1.03 bits per heavy atom. The van der Waals surface area contributed by atoms with Gasteiger partial charge in [0.25, 0.3) is 5.91 Å². The number of benzene rings is 1. The zero-order chi connectivity index (χ0) is 23.8. The fraction of sp³-hybridized carbons (Fsp3) is 0.296. The van der Waals surface area contributed by atoms with E-state index in [0.717, 1.165) is 59.9 Å². The number of hydrogen-bond acceptors (Lipinski definition) is 7. The lowest BCUT2D eigenvalue weighted by Crippen LogP contribution is -2.47. The minimum Gasteiger partial charge on any atom is -0.354 e. The Bertz CT molecular complexity index is 1380. The molecule has 35 heavy (non-hydrogen) atoms. The van der Waals surface area contributed by atoms with Crippen LogP contribution in [0.1, 0.15) is 28.8 Å². The second-order valence-corrected chi connectivity index (χ2v) is 9.27. The van der Waals surface area contributed by atoms with Gasteiger partial charge in [-0.25, -0.2) is 9.97 Å². The molecule has 1 saturated heterocycles. The van der Waals surface area contributed by atoms with Gasteiger partial charge in [-0.1, -0.05) is 12.1 Å². The Morgan fingerprint density at radius 2 is 1.89 bits per heavy atom. The molecular formula is C27H27N7O. The fourth-order valence-electron chi connectivity index (χ4n) is 4.68. The molecule has 2 aromatic heterocycles. The zero-order valence-electron chi connectivity index (χ0n) is 19.7. The molecule has 3 aliphatic rings. The van der Waals surface area contributed by atoms with E-state index >= 15 is 0 Å². The molecule has 1 aliphatic carbocycles. The number of hydrogen-bond donors (Lipinski definition) is 1. The molecule has 1 saturated carbocycles. The monoisotopic (exact) mass is 465 g/mol. The molecule has 8 heteroatoms. The lowest BCUT2D eigenvalue weighted by molar-refractivity contribution is 0.102. The van der Waals surface area contributed by atoms with E-state index in [1.54, 1.807) is 23.5 Å². The predicted molar refractivity (Wildman–Crippen MR) is 138 cm³/mol. The molecule has 2 aliphatic heterocycles. The second kappa shape index (κ2) is 8.98. The van der Waals surface area contributed by atoms with Crippen LogP contribution in [0.15, 0.2) is 66.2 Å². The van der Waals surface area contributed by atoms with E-state index in [1.165, 1.54) is 12.8 Å². The maximum absolute atomic E-state index is 13.0. The van der Waals surface area contributed by atoms with Crippen molar-refractivity contribution in [3.05, 3.63) is 72.2 Å². The first-order chi connectivity index (χ1) is 17.1. The summed E-state index contributed by atoms with van der Waals surface area (Å²) in [6, 6.07) is 12.5. The van der Waals surface area contributed by atoms with Gasteiger partial charge in [0.15, 0.2) is 0 Å². The number of nitrogens with one attached hydrogen (secondary N) is 1. The van der Waals surface area contributed by atoms with Crippen LogP contribution in [-0.4, -0.2) is 70.9 Å². The molecule has 176 valence electrons. The van der Waals surface area contributed by atoms with Crippen molar-refractivity contribution in [1.29, 1.82) is 0 Å². The quantitative estimate of drug-likeness (QED) is 0.621. The van der Waals surface area contributed by atoms with E-state index in [2.05, 4.69) is 48.2 Å². The van der Waals surface area contributed by atoms with Crippen LogP contribution in [-0.2, 0) is 0 Å². The molecule has 0 atom stereocenters. The van der Waals surface area contributed by atoms with Gasteiger partial charge in [-0.2, -0.15) is 0 Å². The van der Waals surface area contributed by atoms with Crippen LogP contribution in [0.3, 0.4) is 0 Å². The number of aromatic nitrogens is 2. The van der Waals surface area contributed by atoms with Gasteiger partial charge in [-0.05, 0) is 48.1 Å². The van der Waals surface area contributed by atoms with Crippen LogP contribution >= 0.6 is 0 Å². The number of piperazine rings is 1. The van der Waals surface area contributed by atoms with Crippen molar-refractivity contribution in [2.45, 2.75) is 18.9 Å². The van der Waals surface area contributed by atoms with Gasteiger partial charge in [0.1, 0.15) is 11.6 Å². The van der Waals surface area contributed by atoms with E-state index in [9.17, 15) is 4.79 Å². The highest BCUT2D eigenvalue weighted by Crippen LogP contribution is 2.28. The number of allylic oxidation sites excluding steroid dienone is 2. The summed E-state index contributed by atoms with van der Waals surface area (Å²) >= 11 is 0. The summed E-state index contributed by atoms with van der Waals surface area (Å²) in [5, 5.41) is 10.8. The van der Waals surface area contributed by atoms with Gasteiger partial charge < -0.3 is 10.2 Å². The minimum atomic E-state index is -0.191. The topological polar surface area (TPSA) is 77.0 Å². The first-order valence-corrected chi connectivity index (χ1v) is 12.0. The van der Waals surface area contributed by atoms with E-state index in [4.69, 9.17) is 0 Å². The smallest absolute Gasteiger partial charge is 0.257 e. The average Bonchev–Trinajstić information content (AvgIpc) is 3.74. The molecule has 2 fully saturated rings. The predicted octanol–water partition coefficient (Wildman–Crippen LogP) is 3.59. The summed E-state index contributed by atoms with van der Waals surface area (Å²) in [6.45, 7) is 4.00. The van der Waals surface area contributed by atoms with Gasteiger partial charge in [-0.15, -0.1) is 5.10 Å². The number of carbonyl (C=O) groups is 1. The number of hydrazone groups is 1. The first-order valence-electron chi connectivity index (χ1n) is 12.0. The SMILES string of the molecule is CN1C=C(c2ccc3cnc(NC(=O)c4ccnc(N5CCN(C6CC6)CC5)c4)cc3c2)C=C=N1. The number of anilines is 2. The van der Waals surface area contributed by atoms with Gasteiger partial charge in [0.2, 0.25) is 0 Å². The number of pyridine rings is 2. The lowest BCUT2D eigenvalue weighted by atomic mass is 10.0. The number of amides is 1. The first kappa shape index (κ1) is 21.5. The van der Waals surface area contributed by atoms with Crippen LogP contribution in [0.25, 0.3) is 16.3 Å². The number of rotatable bonds is 5. The normalized spacial score (nSPS) is 18.1. The van der Waals surface area contributed by atoms with Crippen molar-refractivity contribution < 1.29 is 4.79 Å². The van der Waals surface area contributed by atoms with Gasteiger partial charge in [0.05, 0.1) is 0 Å². The maximum Gasteiger partial charge on any atom is 0.257 e. The second-order valence-electron chi connectivity index (χ2n) is 9.27. The number of fused-ring (bicyclic) bond motifs is 1. The number of nitrogens with zero attached hydrogens (tertiary/aromatic N) is 6. The highest BCUT2D eigenvalue weighted by atomic mass is 16.1. The third-order valence-electron chi connectivity index (χ3n) is 6.77. The molecule has 1 N–H and O–H groups in total. The van der Waals surface area contributed by atoms with Crippen molar-refractivity contribution in [2.75, 3.05) is 43.4 Å². The molecule has 1 aromatic carbocycles. The van der Waals surface area contributed by atoms with Crippen LogP contribution in [0.4, 0.5) is 11.6 Å². The summed E-state index contributed by atoms with van der Waals surface area (Å²) in [5.41, 5.74) is 2.65. The molecule has 4 heterocycles. The van der Waals surface area contributed by atoms with Crippen LogP contribution in [0, 0.1) is 0 Å². The molecule has 1 amide bonds. The molecule has 8 nitrogen and oxygen atoms in total. The maximum atomic E-state index is 13.0. The molecular weight excluding hydrogens is 438 g/mol. The molecule has 0 unspecified atom stereocenters. The van der Waals surface area contributed by atoms with E-state index in [1.807, 2.05) is 37.5 Å². The summed E-state index contributed by atoms with van der Waals surface area (Å²) < 4.78 is 0. The average molecular weight is 466 g/mol. The third-order valence-corrected chi connectivity index (χ3v) is 6.77. The van der Waals surface area contributed by atoms with Crippen molar-refractivity contribution in [2.24, 2.45) is 5.10 Å². The highest BCUT2D eigenvalue weighted by Gasteiger charge is 2.31. The van der Waals surface area contributed by atoms with Gasteiger partial charge in [0, 0.05) is 86.3 Å². The molecule has 0 spiro atoms. The summed E-state index contributed by atoms with van der Waals surface area (Å²) in [4.78, 5) is 26.8. The highest BCUT2D eigenvalue weighted by molar-refractivity contribution is 6.05. The standard InChI is InChI=1S/C27H27N7O/c1-32-18-22(7-9-30-32)19-2-3-21-17-29-25(15-23(21)14-19)31-27(35)20-6-8-28-26(16-20)34-12-10-33(11-13-34)24-4-5-24/h2-3,6-8,14-18,24H,4-5,10-13H2,1H3,(H,29,31,35). The Hall–Kier alpha value is -4.00. The third kappa shape index (κ3) is 4.67. The Balaban J connectivity index is 1.18. The largest absolute Gasteiger partial charge is 0.354 e. The van der Waals surface area contributed by atoms with Crippen molar-refractivity contribution in [1.82, 2.24) is 19.9 Å². The van der Waals surface area contributed by atoms with Gasteiger partial charge in [-0.3, -0.25) is 14.7 Å². The summed E-state index contributed by atoms with van der Waals surface area (Å²) in [7, 11) is 1.87. The summed E-state index contributed by atoms with van der Waals surface area (Å²) in [5.74, 6) is 4.08. The van der Waals surface area contributed by atoms with Gasteiger partial charge >= 0.3 is 0 Å². The molecule has 6 rings (SSSR count). The lowest BCUT2D eigenvalue weighted by Gasteiger charge is -2.35. The van der Waals surface area contributed by atoms with Crippen LogP contribution in [0.2, 0.25) is 0 Å². The van der Waals surface area contributed by atoms with E-state index in [0.29, 0.717) is 11.4 Å². The van der Waals surface area contributed by atoms with E-state index in [-0.39, 0.29) is 5.91 Å². The Morgan fingerprint density at radius 3 is 2.69 bits per heavy atom. The Labute approximate surface area is 204 Å². The minimum absolute atomic E-state index is 0.191. The fourth-order valence-corrected chi connectivity index (χ4v) is 4.68. The van der Waals surface area contributed by atoms with Crippen molar-refractivity contribution in [3.8, 4) is 0 Å². The number of carbonyl (C=O) groups excluding carboxylic acids is 1. The Kier molecular flexibility index (Phi) is 5.52. The zero-order valence-corrected chi connectivity index (χ0v) is 19.7. The van der Waals surface area contributed by atoms with Crippen molar-refractivity contribution >= 4 is 39.8 Å². The molecule has 0 bridgehead atoms. The van der Waals surface area contributed by atoms with Crippen molar-refractivity contribution in [3.63, 3.8) is 0 Å². The molecule has 0 radical (unpaired) electrons. The molecule has 3 aromatic rings.